The van der Waals surface area contributed by atoms with Gasteiger partial charge in [0.1, 0.15) is 5.54 Å². The van der Waals surface area contributed by atoms with Crippen LogP contribution in [0.3, 0.4) is 0 Å². The molecule has 1 aliphatic carbocycles. The molecule has 1 saturated carbocycles. The van der Waals surface area contributed by atoms with Gasteiger partial charge in [0.2, 0.25) is 5.91 Å². The average Bonchev–Trinajstić information content (AvgIpc) is 2.89. The van der Waals surface area contributed by atoms with Crippen molar-refractivity contribution >= 4 is 11.8 Å². The molecular formula is C15H17N5O2. The SMILES string of the molecule is Cn1cc(-c2cncc(C(=O)NC3(C(N)=O)CCC3)c2)cn1. The molecule has 0 bridgehead atoms. The van der Waals surface area contributed by atoms with Crippen molar-refractivity contribution in [3.8, 4) is 11.1 Å². The molecule has 2 amide bonds. The number of hydrogen-bond donors (Lipinski definition) is 2. The topological polar surface area (TPSA) is 103 Å². The Bertz CT molecular complexity index is 733. The molecule has 0 atom stereocenters. The summed E-state index contributed by atoms with van der Waals surface area (Å²) < 4.78 is 1.68. The first kappa shape index (κ1) is 14.2. The molecular weight excluding hydrogens is 282 g/mol. The van der Waals surface area contributed by atoms with E-state index < -0.39 is 11.4 Å². The summed E-state index contributed by atoms with van der Waals surface area (Å²) in [4.78, 5) is 28.0. The minimum absolute atomic E-state index is 0.336. The molecule has 0 radical (unpaired) electrons. The van der Waals surface area contributed by atoms with Crippen LogP contribution in [0.25, 0.3) is 11.1 Å². The van der Waals surface area contributed by atoms with Gasteiger partial charge in [-0.3, -0.25) is 19.3 Å². The Kier molecular flexibility index (Phi) is 3.40. The number of primary amides is 1. The highest BCUT2D eigenvalue weighted by Crippen LogP contribution is 2.31. The maximum Gasteiger partial charge on any atom is 0.253 e. The molecule has 2 aromatic rings. The number of nitrogens with one attached hydrogen (secondary N) is 1. The third-order valence-electron chi connectivity index (χ3n) is 4.07. The van der Waals surface area contributed by atoms with Gasteiger partial charge in [-0.2, -0.15) is 5.10 Å². The number of aromatic nitrogens is 3. The van der Waals surface area contributed by atoms with E-state index in [1.54, 1.807) is 23.1 Å². The van der Waals surface area contributed by atoms with Crippen LogP contribution in [0.15, 0.2) is 30.9 Å². The lowest BCUT2D eigenvalue weighted by molar-refractivity contribution is -0.127. The van der Waals surface area contributed by atoms with Gasteiger partial charge >= 0.3 is 0 Å². The zero-order chi connectivity index (χ0) is 15.7. The highest BCUT2D eigenvalue weighted by Gasteiger charge is 2.44. The number of pyridine rings is 1. The fraction of sp³-hybridized carbons (Fsp3) is 0.333. The summed E-state index contributed by atoms with van der Waals surface area (Å²) >= 11 is 0. The van der Waals surface area contributed by atoms with Gasteiger partial charge in [-0.05, 0) is 25.3 Å². The van der Waals surface area contributed by atoms with Crippen molar-refractivity contribution in [3.63, 3.8) is 0 Å². The first-order valence-electron chi connectivity index (χ1n) is 7.07. The van der Waals surface area contributed by atoms with Crippen molar-refractivity contribution in [2.45, 2.75) is 24.8 Å². The normalized spacial score (nSPS) is 15.9. The summed E-state index contributed by atoms with van der Waals surface area (Å²) in [5.41, 5.74) is 6.57. The molecule has 114 valence electrons. The van der Waals surface area contributed by atoms with E-state index in [4.69, 9.17) is 5.73 Å². The third kappa shape index (κ3) is 2.45. The monoisotopic (exact) mass is 299 g/mol. The first-order valence-corrected chi connectivity index (χ1v) is 7.07. The van der Waals surface area contributed by atoms with Gasteiger partial charge in [0, 0.05) is 36.8 Å². The smallest absolute Gasteiger partial charge is 0.253 e. The number of rotatable bonds is 4. The van der Waals surface area contributed by atoms with Gasteiger partial charge in [-0.15, -0.1) is 0 Å². The van der Waals surface area contributed by atoms with E-state index in [-0.39, 0.29) is 5.91 Å². The van der Waals surface area contributed by atoms with E-state index in [0.717, 1.165) is 17.5 Å². The van der Waals surface area contributed by atoms with Crippen molar-refractivity contribution in [1.29, 1.82) is 0 Å². The number of nitrogens with zero attached hydrogens (tertiary/aromatic N) is 3. The number of carbonyl (C=O) groups excluding carboxylic acids is 2. The lowest BCUT2D eigenvalue weighted by Gasteiger charge is -2.39. The molecule has 1 aliphatic rings. The third-order valence-corrected chi connectivity index (χ3v) is 4.07. The second kappa shape index (κ2) is 5.25. The van der Waals surface area contributed by atoms with Gasteiger partial charge in [-0.25, -0.2) is 0 Å². The number of nitrogens with two attached hydrogens (primary N) is 1. The van der Waals surface area contributed by atoms with Crippen LogP contribution in [0.5, 0.6) is 0 Å². The molecule has 3 rings (SSSR count). The highest BCUT2D eigenvalue weighted by atomic mass is 16.2. The Hall–Kier alpha value is -2.70. The van der Waals surface area contributed by atoms with Gasteiger partial charge in [0.25, 0.3) is 5.91 Å². The number of hydrogen-bond acceptors (Lipinski definition) is 4. The second-order valence-corrected chi connectivity index (χ2v) is 5.62. The Morgan fingerprint density at radius 2 is 2.05 bits per heavy atom. The minimum atomic E-state index is -0.901. The summed E-state index contributed by atoms with van der Waals surface area (Å²) in [6.07, 6.45) is 8.75. The van der Waals surface area contributed by atoms with E-state index >= 15 is 0 Å². The molecule has 0 unspecified atom stereocenters. The lowest BCUT2D eigenvalue weighted by atomic mass is 9.76. The summed E-state index contributed by atoms with van der Waals surface area (Å²) in [7, 11) is 1.82. The molecule has 2 aromatic heterocycles. The largest absolute Gasteiger partial charge is 0.368 e. The van der Waals surface area contributed by atoms with E-state index in [9.17, 15) is 9.59 Å². The van der Waals surface area contributed by atoms with Gasteiger partial charge in [-0.1, -0.05) is 0 Å². The maximum atomic E-state index is 12.4. The zero-order valence-electron chi connectivity index (χ0n) is 12.2. The molecule has 3 N–H and O–H groups in total. The summed E-state index contributed by atoms with van der Waals surface area (Å²) in [6, 6.07) is 1.73. The van der Waals surface area contributed by atoms with Crippen molar-refractivity contribution < 1.29 is 9.59 Å². The van der Waals surface area contributed by atoms with Gasteiger partial charge in [0.15, 0.2) is 0 Å². The Labute approximate surface area is 127 Å². The van der Waals surface area contributed by atoms with Crippen LogP contribution < -0.4 is 11.1 Å². The maximum absolute atomic E-state index is 12.4. The van der Waals surface area contributed by atoms with Crippen molar-refractivity contribution in [1.82, 2.24) is 20.1 Å². The molecule has 0 aliphatic heterocycles. The fourth-order valence-corrected chi connectivity index (χ4v) is 2.55. The molecule has 22 heavy (non-hydrogen) atoms. The zero-order valence-corrected chi connectivity index (χ0v) is 12.2. The average molecular weight is 299 g/mol. The molecule has 0 aromatic carbocycles. The Morgan fingerprint density at radius 1 is 1.27 bits per heavy atom. The predicted molar refractivity (Wildman–Crippen MR) is 79.7 cm³/mol. The molecule has 7 nitrogen and oxygen atoms in total. The van der Waals surface area contributed by atoms with Crippen LogP contribution in [0, 0.1) is 0 Å². The summed E-state index contributed by atoms with van der Waals surface area (Å²) in [6.45, 7) is 0. The van der Waals surface area contributed by atoms with E-state index in [1.807, 2.05) is 13.2 Å². The van der Waals surface area contributed by atoms with Crippen LogP contribution in [-0.4, -0.2) is 32.1 Å². The van der Waals surface area contributed by atoms with E-state index in [1.165, 1.54) is 6.20 Å². The van der Waals surface area contributed by atoms with Crippen molar-refractivity contribution in [3.05, 3.63) is 36.4 Å². The van der Waals surface area contributed by atoms with Gasteiger partial charge in [0.05, 0.1) is 11.8 Å². The predicted octanol–water partition coefficient (Wildman–Crippen LogP) is 0.620. The standard InChI is InChI=1S/C15H17N5O2/c1-20-9-12(8-18-20)10-5-11(7-17-6-10)13(21)19-15(14(16)22)3-2-4-15/h5-9H,2-4H2,1H3,(H2,16,22)(H,19,21). The molecule has 7 heteroatoms. The Morgan fingerprint density at radius 3 is 2.59 bits per heavy atom. The van der Waals surface area contributed by atoms with Crippen LogP contribution in [-0.2, 0) is 11.8 Å². The van der Waals surface area contributed by atoms with Crippen LogP contribution in [0.1, 0.15) is 29.6 Å². The highest BCUT2D eigenvalue weighted by molar-refractivity contribution is 5.99. The number of aryl methyl sites for hydroxylation is 1. The second-order valence-electron chi connectivity index (χ2n) is 5.62. The summed E-state index contributed by atoms with van der Waals surface area (Å²) in [5, 5.41) is 6.85. The molecule has 0 spiro atoms. The van der Waals surface area contributed by atoms with Crippen LogP contribution in [0.4, 0.5) is 0 Å². The minimum Gasteiger partial charge on any atom is -0.368 e. The molecule has 1 fully saturated rings. The number of carbonyl (C=O) groups is 2. The van der Waals surface area contributed by atoms with Crippen molar-refractivity contribution in [2.75, 3.05) is 0 Å². The van der Waals surface area contributed by atoms with Crippen molar-refractivity contribution in [2.24, 2.45) is 12.8 Å². The van der Waals surface area contributed by atoms with E-state index in [2.05, 4.69) is 15.4 Å². The van der Waals surface area contributed by atoms with E-state index in [0.29, 0.717) is 18.4 Å². The summed E-state index contributed by atoms with van der Waals surface area (Å²) in [5.74, 6) is -0.819. The Balaban J connectivity index is 1.83. The fourth-order valence-electron chi connectivity index (χ4n) is 2.55. The lowest BCUT2D eigenvalue weighted by Crippen LogP contribution is -2.61. The van der Waals surface area contributed by atoms with Crippen LogP contribution >= 0.6 is 0 Å². The number of amides is 2. The van der Waals surface area contributed by atoms with Crippen LogP contribution in [0.2, 0.25) is 0 Å². The quantitative estimate of drug-likeness (QED) is 0.863. The first-order chi connectivity index (χ1) is 10.5. The molecule has 2 heterocycles. The molecule has 0 saturated heterocycles. The van der Waals surface area contributed by atoms with Gasteiger partial charge < -0.3 is 11.1 Å².